The van der Waals surface area contributed by atoms with Gasteiger partial charge in [-0.05, 0) is 46.5 Å². The Kier molecular flexibility index (Phi) is 5.98. The molecule has 0 saturated carbocycles. The number of rotatable bonds is 4. The summed E-state index contributed by atoms with van der Waals surface area (Å²) in [5.74, 6) is -0.204. The molecule has 1 unspecified atom stereocenters. The van der Waals surface area contributed by atoms with E-state index in [1.807, 2.05) is 18.2 Å². The van der Waals surface area contributed by atoms with E-state index in [1.165, 1.54) is 0 Å². The number of aryl methyl sites for hydroxylation is 1. The van der Waals surface area contributed by atoms with Gasteiger partial charge >= 0.3 is 0 Å². The Labute approximate surface area is 185 Å². The van der Waals surface area contributed by atoms with E-state index < -0.39 is 6.04 Å². The van der Waals surface area contributed by atoms with E-state index in [4.69, 9.17) is 23.2 Å². The molecule has 0 spiro atoms. The van der Waals surface area contributed by atoms with Gasteiger partial charge in [0, 0.05) is 25.9 Å². The van der Waals surface area contributed by atoms with Crippen LogP contribution in [0.15, 0.2) is 54.6 Å². The third kappa shape index (κ3) is 4.30. The minimum atomic E-state index is -0.632. The molecular weight excluding hydrogens is 419 g/mol. The van der Waals surface area contributed by atoms with E-state index in [9.17, 15) is 9.59 Å². The van der Waals surface area contributed by atoms with Crippen molar-refractivity contribution in [2.24, 2.45) is 0 Å². The normalized spacial score (nSPS) is 17.2. The second-order valence-corrected chi connectivity index (χ2v) is 8.48. The molecule has 4 nitrogen and oxygen atoms in total. The molecule has 1 N–H and O–H groups in total. The van der Waals surface area contributed by atoms with Gasteiger partial charge in [0.1, 0.15) is 6.04 Å². The number of benzene rings is 3. The SMILES string of the molecule is Cc1ccc2ccccc2c1CN1CCC(=O)NC(Cc2ccc(Cl)c(Cl)c2)C1=O. The maximum atomic E-state index is 13.4. The highest BCUT2D eigenvalue weighted by Gasteiger charge is 2.30. The van der Waals surface area contributed by atoms with E-state index in [2.05, 4.69) is 36.5 Å². The molecule has 1 fully saturated rings. The minimum absolute atomic E-state index is 0.0840. The molecule has 30 heavy (non-hydrogen) atoms. The van der Waals surface area contributed by atoms with Crippen molar-refractivity contribution in [1.82, 2.24) is 10.2 Å². The fourth-order valence-corrected chi connectivity index (χ4v) is 4.26. The Balaban J connectivity index is 1.62. The number of carbonyl (C=O) groups excluding carboxylic acids is 2. The van der Waals surface area contributed by atoms with Crippen molar-refractivity contribution < 1.29 is 9.59 Å². The van der Waals surface area contributed by atoms with Crippen molar-refractivity contribution in [2.45, 2.75) is 32.4 Å². The van der Waals surface area contributed by atoms with Crippen molar-refractivity contribution >= 4 is 45.8 Å². The predicted octanol–water partition coefficient (Wildman–Crippen LogP) is 4.91. The number of hydrogen-bond acceptors (Lipinski definition) is 2. The van der Waals surface area contributed by atoms with Crippen molar-refractivity contribution in [2.75, 3.05) is 6.54 Å². The first kappa shape index (κ1) is 20.7. The van der Waals surface area contributed by atoms with E-state index in [-0.39, 0.29) is 18.2 Å². The van der Waals surface area contributed by atoms with Gasteiger partial charge in [-0.25, -0.2) is 0 Å². The Morgan fingerprint density at radius 2 is 1.83 bits per heavy atom. The van der Waals surface area contributed by atoms with Gasteiger partial charge in [0.2, 0.25) is 11.8 Å². The molecule has 3 aromatic rings. The first-order chi connectivity index (χ1) is 14.4. The quantitative estimate of drug-likeness (QED) is 0.625. The van der Waals surface area contributed by atoms with Crippen LogP contribution < -0.4 is 5.32 Å². The van der Waals surface area contributed by atoms with Gasteiger partial charge in [-0.3, -0.25) is 9.59 Å². The fraction of sp³-hybridized carbons (Fsp3) is 0.250. The second-order valence-electron chi connectivity index (χ2n) is 7.66. The smallest absolute Gasteiger partial charge is 0.245 e. The average Bonchev–Trinajstić information content (AvgIpc) is 2.86. The Morgan fingerprint density at radius 3 is 2.63 bits per heavy atom. The summed E-state index contributed by atoms with van der Waals surface area (Å²) in [5, 5.41) is 6.05. The zero-order chi connectivity index (χ0) is 21.3. The summed E-state index contributed by atoms with van der Waals surface area (Å²) in [4.78, 5) is 27.4. The van der Waals surface area contributed by atoms with Crippen LogP contribution in [0.2, 0.25) is 10.0 Å². The number of carbonyl (C=O) groups is 2. The highest BCUT2D eigenvalue weighted by atomic mass is 35.5. The summed E-state index contributed by atoms with van der Waals surface area (Å²) in [7, 11) is 0. The van der Waals surface area contributed by atoms with Crippen LogP contribution in [0.3, 0.4) is 0 Å². The van der Waals surface area contributed by atoms with E-state index in [0.717, 1.165) is 27.5 Å². The lowest BCUT2D eigenvalue weighted by Crippen LogP contribution is -2.45. The zero-order valence-corrected chi connectivity index (χ0v) is 18.1. The Hall–Kier alpha value is -2.56. The van der Waals surface area contributed by atoms with Crippen LogP contribution in [0.4, 0.5) is 0 Å². The third-order valence-corrected chi connectivity index (χ3v) is 6.34. The van der Waals surface area contributed by atoms with Crippen LogP contribution in [-0.2, 0) is 22.6 Å². The maximum Gasteiger partial charge on any atom is 0.245 e. The third-order valence-electron chi connectivity index (χ3n) is 5.60. The molecule has 0 radical (unpaired) electrons. The lowest BCUT2D eigenvalue weighted by Gasteiger charge is -2.25. The molecule has 6 heteroatoms. The monoisotopic (exact) mass is 440 g/mol. The maximum absolute atomic E-state index is 13.4. The molecule has 4 rings (SSSR count). The first-order valence-corrected chi connectivity index (χ1v) is 10.7. The van der Waals surface area contributed by atoms with Crippen molar-refractivity contribution in [3.05, 3.63) is 81.3 Å². The minimum Gasteiger partial charge on any atom is -0.344 e. The molecule has 1 atom stereocenters. The van der Waals surface area contributed by atoms with Crippen LogP contribution in [-0.4, -0.2) is 29.3 Å². The second kappa shape index (κ2) is 8.66. The molecular formula is C24H22Cl2N2O2. The summed E-state index contributed by atoms with van der Waals surface area (Å²) in [6.45, 7) is 2.92. The number of hydrogen-bond donors (Lipinski definition) is 1. The van der Waals surface area contributed by atoms with E-state index in [1.54, 1.807) is 17.0 Å². The summed E-state index contributed by atoms with van der Waals surface area (Å²) in [6, 6.07) is 17.0. The Morgan fingerprint density at radius 1 is 1.03 bits per heavy atom. The number of amides is 2. The highest BCUT2D eigenvalue weighted by Crippen LogP contribution is 2.26. The van der Waals surface area contributed by atoms with Gasteiger partial charge in [0.05, 0.1) is 10.0 Å². The van der Waals surface area contributed by atoms with Crippen LogP contribution in [0, 0.1) is 6.92 Å². The van der Waals surface area contributed by atoms with Crippen LogP contribution in [0.1, 0.15) is 23.1 Å². The van der Waals surface area contributed by atoms with Crippen molar-refractivity contribution in [3.63, 3.8) is 0 Å². The molecule has 154 valence electrons. The average molecular weight is 441 g/mol. The number of nitrogens with one attached hydrogen (secondary N) is 1. The predicted molar refractivity (Wildman–Crippen MR) is 121 cm³/mol. The van der Waals surface area contributed by atoms with Gasteiger partial charge in [0.15, 0.2) is 0 Å². The van der Waals surface area contributed by atoms with Crippen molar-refractivity contribution in [3.8, 4) is 0 Å². The molecule has 1 aliphatic heterocycles. The largest absolute Gasteiger partial charge is 0.344 e. The molecule has 0 aromatic heterocycles. The summed E-state index contributed by atoms with van der Waals surface area (Å²) in [6.07, 6.45) is 0.653. The van der Waals surface area contributed by atoms with Gasteiger partial charge in [0.25, 0.3) is 0 Å². The molecule has 1 heterocycles. The summed E-state index contributed by atoms with van der Waals surface area (Å²) >= 11 is 12.1. The molecule has 0 aliphatic carbocycles. The topological polar surface area (TPSA) is 49.4 Å². The molecule has 1 aliphatic rings. The summed E-state index contributed by atoms with van der Waals surface area (Å²) in [5.41, 5.74) is 3.10. The van der Waals surface area contributed by atoms with Crippen molar-refractivity contribution in [1.29, 1.82) is 0 Å². The van der Waals surface area contributed by atoms with Gasteiger partial charge in [-0.2, -0.15) is 0 Å². The van der Waals surface area contributed by atoms with Crippen LogP contribution in [0.5, 0.6) is 0 Å². The number of halogens is 2. The zero-order valence-electron chi connectivity index (χ0n) is 16.6. The van der Waals surface area contributed by atoms with Gasteiger partial charge < -0.3 is 10.2 Å². The lowest BCUT2D eigenvalue weighted by atomic mass is 9.98. The van der Waals surface area contributed by atoms with Crippen LogP contribution in [0.25, 0.3) is 10.8 Å². The standard InChI is InChI=1S/C24H22Cl2N2O2/c1-15-6-8-17-4-2-3-5-18(17)19(15)14-28-11-10-23(29)27-22(24(28)30)13-16-7-9-20(25)21(26)12-16/h2-9,12,22H,10-11,13-14H2,1H3,(H,27,29). The van der Waals surface area contributed by atoms with E-state index in [0.29, 0.717) is 29.6 Å². The first-order valence-electron chi connectivity index (χ1n) is 9.91. The van der Waals surface area contributed by atoms with E-state index >= 15 is 0 Å². The highest BCUT2D eigenvalue weighted by molar-refractivity contribution is 6.42. The molecule has 0 bridgehead atoms. The molecule has 3 aromatic carbocycles. The van der Waals surface area contributed by atoms with Crippen LogP contribution >= 0.6 is 23.2 Å². The fourth-order valence-electron chi connectivity index (χ4n) is 3.94. The summed E-state index contributed by atoms with van der Waals surface area (Å²) < 4.78 is 0. The van der Waals surface area contributed by atoms with Gasteiger partial charge in [-0.1, -0.05) is 65.7 Å². The number of fused-ring (bicyclic) bond motifs is 1. The molecule has 1 saturated heterocycles. The molecule has 2 amide bonds. The lowest BCUT2D eigenvalue weighted by molar-refractivity contribution is -0.134. The van der Waals surface area contributed by atoms with Gasteiger partial charge in [-0.15, -0.1) is 0 Å². The number of nitrogens with zero attached hydrogens (tertiary/aromatic N) is 1. The Bertz CT molecular complexity index is 1130.